The quantitative estimate of drug-likeness (QED) is 0.179. The average Bonchev–Trinajstić information content (AvgIpc) is 2.86. The first-order chi connectivity index (χ1) is 17.2. The van der Waals surface area contributed by atoms with Gasteiger partial charge in [-0.25, -0.2) is 0 Å². The van der Waals surface area contributed by atoms with Crippen LogP contribution in [0, 0.1) is 30.6 Å². The first kappa shape index (κ1) is 27.9. The molecule has 0 fully saturated rings. The van der Waals surface area contributed by atoms with Gasteiger partial charge in [-0.1, -0.05) is 74.1 Å². The lowest BCUT2D eigenvalue weighted by molar-refractivity contribution is -0.886. The first-order valence-electron chi connectivity index (χ1n) is 13.6. The minimum atomic E-state index is 0.394. The summed E-state index contributed by atoms with van der Waals surface area (Å²) >= 11 is 0. The van der Waals surface area contributed by atoms with Crippen LogP contribution < -0.4 is 0 Å². The molecule has 192 valence electrons. The van der Waals surface area contributed by atoms with Crippen molar-refractivity contribution in [1.82, 2.24) is 0 Å². The van der Waals surface area contributed by atoms with Crippen molar-refractivity contribution in [2.24, 2.45) is 28.7 Å². The average molecular weight is 484 g/mol. The summed E-state index contributed by atoms with van der Waals surface area (Å²) in [4.78, 5) is 4.70. The van der Waals surface area contributed by atoms with Crippen LogP contribution >= 0.6 is 0 Å². The molecule has 3 rings (SSSR count). The van der Waals surface area contributed by atoms with E-state index in [1.165, 1.54) is 28.0 Å². The highest BCUT2D eigenvalue weighted by Gasteiger charge is 2.41. The van der Waals surface area contributed by atoms with E-state index < -0.39 is 0 Å². The molecule has 2 heteroatoms. The SMILES string of the molecule is C=CCC(C(C)C[N@+]1(C)C=CC(c2ccccc2C)=CC1C1CC=CC=C1C)C(C)/C(C)=N/C=C\C. The van der Waals surface area contributed by atoms with Gasteiger partial charge in [0.15, 0.2) is 0 Å². The summed E-state index contributed by atoms with van der Waals surface area (Å²) in [6.07, 6.45) is 22.4. The largest absolute Gasteiger partial charge is 0.293 e. The summed E-state index contributed by atoms with van der Waals surface area (Å²) in [5.74, 6) is 1.93. The molecule has 2 aliphatic rings. The summed E-state index contributed by atoms with van der Waals surface area (Å²) in [5.41, 5.74) is 6.73. The van der Waals surface area contributed by atoms with E-state index in [0.29, 0.717) is 29.7 Å². The van der Waals surface area contributed by atoms with Crippen LogP contribution in [0.3, 0.4) is 0 Å². The van der Waals surface area contributed by atoms with Crippen molar-refractivity contribution in [3.05, 3.63) is 102 Å². The molecule has 2 nitrogen and oxygen atoms in total. The summed E-state index contributed by atoms with van der Waals surface area (Å²) in [6.45, 7) is 18.7. The van der Waals surface area contributed by atoms with Crippen LogP contribution in [0.4, 0.5) is 0 Å². The summed E-state index contributed by atoms with van der Waals surface area (Å²) in [5, 5.41) is 0. The van der Waals surface area contributed by atoms with E-state index in [1.54, 1.807) is 0 Å². The molecule has 5 unspecified atom stereocenters. The van der Waals surface area contributed by atoms with Crippen LogP contribution in [-0.4, -0.2) is 29.8 Å². The second-order valence-electron chi connectivity index (χ2n) is 11.2. The molecule has 1 aromatic carbocycles. The van der Waals surface area contributed by atoms with Crippen molar-refractivity contribution in [2.45, 2.75) is 60.4 Å². The number of allylic oxidation sites excluding steroid dienone is 7. The maximum atomic E-state index is 4.70. The molecule has 1 heterocycles. The van der Waals surface area contributed by atoms with Crippen LogP contribution in [0.25, 0.3) is 5.57 Å². The van der Waals surface area contributed by atoms with Gasteiger partial charge in [0, 0.05) is 23.7 Å². The molecular formula is C34H47N2+. The van der Waals surface area contributed by atoms with Crippen LogP contribution in [0.5, 0.6) is 0 Å². The van der Waals surface area contributed by atoms with Crippen LogP contribution in [0.1, 0.15) is 58.6 Å². The van der Waals surface area contributed by atoms with E-state index in [4.69, 9.17) is 4.99 Å². The topological polar surface area (TPSA) is 12.4 Å². The Labute approximate surface area is 220 Å². The molecular weight excluding hydrogens is 436 g/mol. The zero-order chi connectivity index (χ0) is 26.3. The van der Waals surface area contributed by atoms with Gasteiger partial charge in [-0.15, -0.1) is 6.58 Å². The summed E-state index contributed by atoms with van der Waals surface area (Å²) < 4.78 is 0.922. The minimum absolute atomic E-state index is 0.394. The molecule has 6 atom stereocenters. The van der Waals surface area contributed by atoms with Crippen molar-refractivity contribution in [1.29, 1.82) is 0 Å². The van der Waals surface area contributed by atoms with Gasteiger partial charge >= 0.3 is 0 Å². The van der Waals surface area contributed by atoms with Gasteiger partial charge in [0.05, 0.1) is 19.8 Å². The number of rotatable bonds is 10. The molecule has 0 amide bonds. The number of benzene rings is 1. The third-order valence-electron chi connectivity index (χ3n) is 8.54. The fourth-order valence-corrected chi connectivity index (χ4v) is 6.21. The zero-order valence-electron chi connectivity index (χ0n) is 23.6. The Morgan fingerprint density at radius 3 is 2.64 bits per heavy atom. The molecule has 0 aromatic heterocycles. The third kappa shape index (κ3) is 6.34. The standard InChI is InChI=1S/C34H47N2/c1-9-15-31(28(6)29(7)35-21-10-2)27(5)24-36(8)22-20-30(32-18-13-11-16-25(32)3)23-34(36)33-19-14-12-17-26(33)4/h9-14,16-18,20-23,27-28,31,33-34H,1,15,19,24H2,2-8H3/q+1/b21-10-,35-29+/t27?,28?,31?,33?,34?,36-/m0/s1. The Morgan fingerprint density at radius 1 is 1.22 bits per heavy atom. The van der Waals surface area contributed by atoms with E-state index in [-0.39, 0.29) is 0 Å². The Kier molecular flexibility index (Phi) is 9.68. The van der Waals surface area contributed by atoms with Crippen molar-refractivity contribution < 1.29 is 4.48 Å². The molecule has 0 saturated heterocycles. The lowest BCUT2D eigenvalue weighted by atomic mass is 9.76. The molecule has 0 bridgehead atoms. The molecule has 0 spiro atoms. The molecule has 36 heavy (non-hydrogen) atoms. The third-order valence-corrected chi connectivity index (χ3v) is 8.54. The predicted octanol–water partition coefficient (Wildman–Crippen LogP) is 8.70. The Morgan fingerprint density at radius 2 is 1.97 bits per heavy atom. The summed E-state index contributed by atoms with van der Waals surface area (Å²) in [7, 11) is 2.44. The highest BCUT2D eigenvalue weighted by Crippen LogP contribution is 2.39. The lowest BCUT2D eigenvalue weighted by Gasteiger charge is -2.46. The molecule has 0 radical (unpaired) electrons. The number of nitrogens with zero attached hydrogens (tertiary/aromatic N) is 2. The van der Waals surface area contributed by atoms with E-state index >= 15 is 0 Å². The Hall–Kier alpha value is -2.71. The van der Waals surface area contributed by atoms with E-state index in [2.05, 4.69) is 115 Å². The monoisotopic (exact) mass is 483 g/mol. The maximum absolute atomic E-state index is 4.70. The molecule has 0 saturated carbocycles. The fraction of sp³-hybridized carbons (Fsp3) is 0.441. The molecule has 1 aromatic rings. The van der Waals surface area contributed by atoms with Crippen LogP contribution in [0.2, 0.25) is 0 Å². The molecule has 0 N–H and O–H groups in total. The minimum Gasteiger partial charge on any atom is -0.293 e. The maximum Gasteiger partial charge on any atom is 0.119 e. The van der Waals surface area contributed by atoms with Crippen molar-refractivity contribution >= 4 is 11.3 Å². The van der Waals surface area contributed by atoms with Gasteiger partial charge in [-0.2, -0.15) is 0 Å². The zero-order valence-corrected chi connectivity index (χ0v) is 23.6. The number of hydrogen-bond acceptors (Lipinski definition) is 1. The van der Waals surface area contributed by atoms with Crippen LogP contribution in [0.15, 0.2) is 96.3 Å². The second kappa shape index (κ2) is 12.5. The van der Waals surface area contributed by atoms with Gasteiger partial charge in [-0.3, -0.25) is 9.48 Å². The van der Waals surface area contributed by atoms with Crippen LogP contribution in [-0.2, 0) is 0 Å². The first-order valence-corrected chi connectivity index (χ1v) is 13.6. The number of likely N-dealkylation sites (N-methyl/N-ethyl adjacent to an activating group) is 1. The van der Waals surface area contributed by atoms with Crippen molar-refractivity contribution in [3.63, 3.8) is 0 Å². The fourth-order valence-electron chi connectivity index (χ4n) is 6.21. The molecule has 1 aliphatic heterocycles. The molecule has 1 aliphatic carbocycles. The van der Waals surface area contributed by atoms with Crippen molar-refractivity contribution in [2.75, 3.05) is 13.6 Å². The van der Waals surface area contributed by atoms with Gasteiger partial charge in [-0.05, 0) is 81.2 Å². The van der Waals surface area contributed by atoms with Crippen molar-refractivity contribution in [3.8, 4) is 0 Å². The predicted molar refractivity (Wildman–Crippen MR) is 159 cm³/mol. The number of quaternary nitrogens is 1. The Balaban J connectivity index is 1.96. The smallest absolute Gasteiger partial charge is 0.119 e. The highest BCUT2D eigenvalue weighted by atomic mass is 15.3. The van der Waals surface area contributed by atoms with Gasteiger partial charge in [0.25, 0.3) is 0 Å². The van der Waals surface area contributed by atoms with E-state index in [1.807, 2.05) is 19.2 Å². The van der Waals surface area contributed by atoms with E-state index in [9.17, 15) is 0 Å². The number of aliphatic imine (C=N–C) groups is 1. The lowest BCUT2D eigenvalue weighted by Crippen LogP contribution is -2.55. The number of aryl methyl sites for hydroxylation is 1. The number of hydrogen-bond donors (Lipinski definition) is 0. The van der Waals surface area contributed by atoms with Gasteiger partial charge in [0.1, 0.15) is 6.04 Å². The normalized spacial score (nSPS) is 26.9. The van der Waals surface area contributed by atoms with Gasteiger partial charge in [0.2, 0.25) is 0 Å². The highest BCUT2D eigenvalue weighted by molar-refractivity contribution is 5.84. The van der Waals surface area contributed by atoms with E-state index in [0.717, 1.165) is 23.9 Å². The Bertz CT molecular complexity index is 1100. The summed E-state index contributed by atoms with van der Waals surface area (Å²) in [6, 6.07) is 9.16. The second-order valence-corrected chi connectivity index (χ2v) is 11.2. The van der Waals surface area contributed by atoms with Gasteiger partial charge < -0.3 is 0 Å².